The molecule has 1 saturated heterocycles. The Kier molecular flexibility index (Phi) is 11.5. The molecule has 242 valence electrons. The maximum atomic E-state index is 13.6. The fourth-order valence-corrected chi connectivity index (χ4v) is 5.51. The molecule has 0 bridgehead atoms. The smallest absolute Gasteiger partial charge is 0.237 e. The van der Waals surface area contributed by atoms with Crippen LogP contribution >= 0.6 is 0 Å². The van der Waals surface area contributed by atoms with Crippen LogP contribution in [0.4, 0.5) is 11.5 Å². The molecule has 2 aromatic rings. The molecule has 2 aliphatic rings. The quantitative estimate of drug-likeness (QED) is 0.216. The normalized spacial score (nSPS) is 17.9. The average molecular weight is 626 g/mol. The third kappa shape index (κ3) is 8.10. The van der Waals surface area contributed by atoms with Gasteiger partial charge in [0.25, 0.3) is 0 Å². The second-order valence-electron chi connectivity index (χ2n) is 11.1. The molecule has 2 amide bonds. The van der Waals surface area contributed by atoms with E-state index >= 15 is 0 Å². The van der Waals surface area contributed by atoms with Gasteiger partial charge in [-0.15, -0.1) is 0 Å². The number of amides is 2. The molecule has 13 nitrogen and oxygen atoms in total. The number of aromatic nitrogens is 1. The number of hydrogen-bond donors (Lipinski definition) is 4. The number of carbonyl (C=O) groups excluding carboxylic acids is 2. The maximum absolute atomic E-state index is 13.6. The van der Waals surface area contributed by atoms with Gasteiger partial charge in [0.05, 0.1) is 23.8 Å². The highest BCUT2D eigenvalue weighted by Crippen LogP contribution is 2.26. The van der Waals surface area contributed by atoms with Crippen LogP contribution in [0, 0.1) is 11.3 Å². The fourth-order valence-electron chi connectivity index (χ4n) is 5.51. The van der Waals surface area contributed by atoms with Gasteiger partial charge in [-0.2, -0.15) is 0 Å². The van der Waals surface area contributed by atoms with Crippen molar-refractivity contribution in [2.45, 2.75) is 19.8 Å². The number of rotatable bonds is 11. The number of aliphatic imine (C=N–C) groups is 3. The predicted molar refractivity (Wildman–Crippen MR) is 185 cm³/mol. The summed E-state index contributed by atoms with van der Waals surface area (Å²) in [4.78, 5) is 48.6. The van der Waals surface area contributed by atoms with E-state index in [1.54, 1.807) is 31.1 Å². The Morgan fingerprint density at radius 3 is 2.52 bits per heavy atom. The molecular weight excluding hydrogens is 582 g/mol. The zero-order valence-corrected chi connectivity index (χ0v) is 26.7. The van der Waals surface area contributed by atoms with E-state index in [0.717, 1.165) is 17.5 Å². The first-order chi connectivity index (χ1) is 22.2. The van der Waals surface area contributed by atoms with E-state index in [0.29, 0.717) is 56.5 Å². The zero-order chi connectivity index (χ0) is 33.2. The van der Waals surface area contributed by atoms with Crippen molar-refractivity contribution in [1.29, 1.82) is 5.41 Å². The van der Waals surface area contributed by atoms with Gasteiger partial charge in [0.2, 0.25) is 11.8 Å². The number of nitrogens with one attached hydrogen (secondary N) is 1. The Labute approximate surface area is 269 Å². The van der Waals surface area contributed by atoms with Gasteiger partial charge in [-0.3, -0.25) is 34.8 Å². The zero-order valence-electron chi connectivity index (χ0n) is 26.7. The summed E-state index contributed by atoms with van der Waals surface area (Å²) >= 11 is 0. The SMILES string of the molecule is CCN(C(=O)[C@@H]1CCN(CC(=O)N2CC=C(c3ccc(C(N)=NC=NC)cc3)CC2)C1)c1ccc(N)c(C(=N)C(N)=CC=NC)n1. The van der Waals surface area contributed by atoms with Gasteiger partial charge in [0.15, 0.2) is 0 Å². The second kappa shape index (κ2) is 15.7. The van der Waals surface area contributed by atoms with Crippen LogP contribution in [0.3, 0.4) is 0 Å². The van der Waals surface area contributed by atoms with E-state index in [1.165, 1.54) is 24.2 Å². The molecular formula is C33H43N11O2. The van der Waals surface area contributed by atoms with Crippen LogP contribution in [0.15, 0.2) is 69.2 Å². The van der Waals surface area contributed by atoms with Crippen molar-refractivity contribution >= 4 is 53.0 Å². The predicted octanol–water partition coefficient (Wildman–Crippen LogP) is 1.93. The van der Waals surface area contributed by atoms with Gasteiger partial charge in [-0.25, -0.2) is 9.98 Å². The first kappa shape index (κ1) is 33.7. The van der Waals surface area contributed by atoms with E-state index in [9.17, 15) is 9.59 Å². The molecule has 2 aliphatic heterocycles. The van der Waals surface area contributed by atoms with Gasteiger partial charge in [-0.1, -0.05) is 30.3 Å². The number of carbonyl (C=O) groups is 2. The minimum absolute atomic E-state index is 0.0420. The van der Waals surface area contributed by atoms with Crippen molar-refractivity contribution in [3.8, 4) is 0 Å². The lowest BCUT2D eigenvalue weighted by atomic mass is 9.98. The second-order valence-corrected chi connectivity index (χ2v) is 11.1. The minimum Gasteiger partial charge on any atom is -0.397 e. The summed E-state index contributed by atoms with van der Waals surface area (Å²) in [6, 6.07) is 11.2. The molecule has 0 aliphatic carbocycles. The number of hydrogen-bond acceptors (Lipinski definition) is 9. The van der Waals surface area contributed by atoms with Gasteiger partial charge in [-0.05, 0) is 55.7 Å². The number of pyridine rings is 1. The first-order valence-electron chi connectivity index (χ1n) is 15.3. The largest absolute Gasteiger partial charge is 0.397 e. The minimum atomic E-state index is -0.273. The standard InChI is InChI=1S/C33H43N11O2/c1-4-44(28-10-9-27(35)31(41-28)30(36)26(34)11-15-38-2)33(46)25-12-16-42(19-25)20-29(45)43-17-13-23(14-18-43)22-5-7-24(8-6-22)32(37)40-21-39-3/h5-11,13,15,21,25,36H,4,12,14,16-20,34-35H2,1-3H3,(H2,37,39,40)/t25-/m1/s1. The van der Waals surface area contributed by atoms with Crippen molar-refractivity contribution in [2.24, 2.45) is 32.4 Å². The summed E-state index contributed by atoms with van der Waals surface area (Å²) in [7, 11) is 3.24. The van der Waals surface area contributed by atoms with E-state index in [2.05, 4.69) is 26.0 Å². The summed E-state index contributed by atoms with van der Waals surface area (Å²) in [6.45, 7) is 4.85. The number of nitrogen functional groups attached to an aromatic ring is 1. The number of likely N-dealkylation sites (tertiary alicyclic amines) is 1. The molecule has 1 fully saturated rings. The Balaban J connectivity index is 1.34. The molecule has 7 N–H and O–H groups in total. The molecule has 0 spiro atoms. The van der Waals surface area contributed by atoms with E-state index in [1.807, 2.05) is 41.0 Å². The van der Waals surface area contributed by atoms with Crippen LogP contribution in [0.1, 0.15) is 36.6 Å². The van der Waals surface area contributed by atoms with Crippen molar-refractivity contribution in [1.82, 2.24) is 14.8 Å². The number of nitrogens with zero attached hydrogens (tertiary/aromatic N) is 7. The molecule has 0 radical (unpaired) electrons. The van der Waals surface area contributed by atoms with Crippen molar-refractivity contribution in [2.75, 3.05) is 64.0 Å². The van der Waals surface area contributed by atoms with Crippen LogP contribution in [-0.4, -0.2) is 104 Å². The topological polar surface area (TPSA) is 196 Å². The Morgan fingerprint density at radius 2 is 1.87 bits per heavy atom. The number of allylic oxidation sites excluding steroid dienone is 2. The highest BCUT2D eigenvalue weighted by Gasteiger charge is 2.34. The van der Waals surface area contributed by atoms with Crippen LogP contribution in [-0.2, 0) is 9.59 Å². The lowest BCUT2D eigenvalue weighted by Gasteiger charge is -2.29. The number of nitrogens with two attached hydrogens (primary N) is 3. The molecule has 46 heavy (non-hydrogen) atoms. The number of benzene rings is 1. The monoisotopic (exact) mass is 625 g/mol. The van der Waals surface area contributed by atoms with Gasteiger partial charge in [0, 0.05) is 52.1 Å². The lowest BCUT2D eigenvalue weighted by Crippen LogP contribution is -2.42. The summed E-state index contributed by atoms with van der Waals surface area (Å²) in [6.07, 6.45) is 7.91. The molecule has 1 aromatic heterocycles. The van der Waals surface area contributed by atoms with Crippen molar-refractivity contribution in [3.63, 3.8) is 0 Å². The summed E-state index contributed by atoms with van der Waals surface area (Å²) in [5.74, 6) is 0.516. The lowest BCUT2D eigenvalue weighted by molar-refractivity contribution is -0.132. The molecule has 3 heterocycles. The molecule has 0 unspecified atom stereocenters. The van der Waals surface area contributed by atoms with Gasteiger partial charge in [0.1, 0.15) is 29.4 Å². The Hall–Kier alpha value is -5.17. The Morgan fingerprint density at radius 1 is 1.11 bits per heavy atom. The van der Waals surface area contributed by atoms with Crippen LogP contribution in [0.25, 0.3) is 5.57 Å². The van der Waals surface area contributed by atoms with E-state index < -0.39 is 0 Å². The van der Waals surface area contributed by atoms with Crippen molar-refractivity contribution in [3.05, 3.63) is 71.1 Å². The van der Waals surface area contributed by atoms with Crippen LogP contribution in [0.5, 0.6) is 0 Å². The molecule has 0 saturated carbocycles. The van der Waals surface area contributed by atoms with Crippen molar-refractivity contribution < 1.29 is 9.59 Å². The summed E-state index contributed by atoms with van der Waals surface area (Å²) in [5.41, 5.74) is 21.8. The average Bonchev–Trinajstić information content (AvgIpc) is 3.55. The third-order valence-electron chi connectivity index (χ3n) is 8.11. The van der Waals surface area contributed by atoms with E-state index in [4.69, 9.17) is 22.6 Å². The summed E-state index contributed by atoms with van der Waals surface area (Å²) in [5, 5.41) is 8.44. The van der Waals surface area contributed by atoms with Gasteiger partial charge >= 0.3 is 0 Å². The third-order valence-corrected chi connectivity index (χ3v) is 8.11. The highest BCUT2D eigenvalue weighted by molar-refractivity contribution is 6.13. The molecule has 13 heteroatoms. The molecule has 1 atom stereocenters. The molecule has 4 rings (SSSR count). The van der Waals surface area contributed by atoms with Crippen LogP contribution < -0.4 is 22.1 Å². The maximum Gasteiger partial charge on any atom is 0.237 e. The van der Waals surface area contributed by atoms with Gasteiger partial charge < -0.3 is 22.1 Å². The first-order valence-corrected chi connectivity index (χ1v) is 15.3. The molecule has 1 aromatic carbocycles. The highest BCUT2D eigenvalue weighted by atomic mass is 16.2. The van der Waals surface area contributed by atoms with E-state index in [-0.39, 0.29) is 41.4 Å². The summed E-state index contributed by atoms with van der Waals surface area (Å²) < 4.78 is 0. The fraction of sp³-hybridized carbons (Fsp3) is 0.364. The number of amidine groups is 1. The Bertz CT molecular complexity index is 1590. The number of anilines is 2. The van der Waals surface area contributed by atoms with Crippen LogP contribution in [0.2, 0.25) is 0 Å².